The first kappa shape index (κ1) is 42.8. The number of rotatable bonds is 12. The Morgan fingerprint density at radius 3 is 1.42 bits per heavy atom. The van der Waals surface area contributed by atoms with Gasteiger partial charge in [-0.1, -0.05) is 69.2 Å². The van der Waals surface area contributed by atoms with Crippen LogP contribution in [-0.2, 0) is 32.6 Å². The Hall–Kier alpha value is -0.176. The molecule has 0 radical (unpaired) electrons. The summed E-state index contributed by atoms with van der Waals surface area (Å²) in [5.41, 5.74) is -0.774. The standard InChI is InChI=1S/C18H38O4Si.C17H34O4Si/c1-11-18(8,19)13(2)15-14(21-17(6,7)22-15)12-20-23(9,10)16(3,4)5;1-10-13(18)12(2)15-14(20-17(6,7)21-15)11-19-22(8,9)16(3,4)5/h13-15,19H,11-12H2,1-10H3;12,14-15H,10-11H2,1-9H3/t13-,14+,15-,18+;12-,14-,15+/m10/s1. The molecule has 0 aliphatic carbocycles. The maximum absolute atomic E-state index is 12.0. The topological polar surface area (TPSA) is 92.7 Å². The molecule has 2 aliphatic heterocycles. The van der Waals surface area contributed by atoms with Crippen molar-refractivity contribution in [3.05, 3.63) is 0 Å². The molecule has 0 aromatic rings. The van der Waals surface area contributed by atoms with Crippen LogP contribution in [0.3, 0.4) is 0 Å². The van der Waals surface area contributed by atoms with Crippen molar-refractivity contribution < 1.29 is 37.7 Å². The van der Waals surface area contributed by atoms with E-state index in [1.54, 1.807) is 0 Å². The van der Waals surface area contributed by atoms with Crippen molar-refractivity contribution in [3.8, 4) is 0 Å². The maximum atomic E-state index is 12.0. The van der Waals surface area contributed by atoms with Gasteiger partial charge in [-0.3, -0.25) is 4.79 Å². The summed E-state index contributed by atoms with van der Waals surface area (Å²) in [6.07, 6.45) is 0.486. The van der Waals surface area contributed by atoms with Crippen LogP contribution in [-0.4, -0.2) is 82.3 Å². The SMILES string of the molecule is CCC(=O)[C@H](C)[C@H]1OC(C)(C)O[C@H]1CO[Si](C)(C)C(C)(C)C.CC[C@](C)(O)[C@H](C)[C@H]1OC(C)(C)O[C@H]1CO[Si](C)(C)C(C)(C)C. The highest BCUT2D eigenvalue weighted by Crippen LogP contribution is 2.41. The van der Waals surface area contributed by atoms with Crippen LogP contribution in [0.25, 0.3) is 0 Å². The van der Waals surface area contributed by atoms with Crippen molar-refractivity contribution in [2.45, 2.75) is 195 Å². The molecule has 2 aliphatic rings. The highest BCUT2D eigenvalue weighted by Gasteiger charge is 2.50. The summed E-state index contributed by atoms with van der Waals surface area (Å²) in [5.74, 6) is -1.27. The molecular formula is C35H72O8Si2. The van der Waals surface area contributed by atoms with E-state index < -0.39 is 33.8 Å². The summed E-state index contributed by atoms with van der Waals surface area (Å²) in [7, 11) is -3.67. The minimum atomic E-state index is -1.84. The average Bonchev–Trinajstić information content (AvgIpc) is 3.37. The third-order valence-electron chi connectivity index (χ3n) is 10.8. The van der Waals surface area contributed by atoms with E-state index in [-0.39, 0.29) is 52.1 Å². The Kier molecular flexibility index (Phi) is 14.4. The quantitative estimate of drug-likeness (QED) is 0.206. The number of hydrogen-bond donors (Lipinski definition) is 1. The van der Waals surface area contributed by atoms with Crippen LogP contribution in [0.15, 0.2) is 0 Å². The molecule has 0 amide bonds. The molecule has 45 heavy (non-hydrogen) atoms. The molecule has 268 valence electrons. The molecule has 0 aromatic carbocycles. The number of Topliss-reactive ketones (excluding diaryl/α,β-unsaturated/α-hetero) is 1. The van der Waals surface area contributed by atoms with Crippen molar-refractivity contribution in [2.24, 2.45) is 11.8 Å². The first-order valence-electron chi connectivity index (χ1n) is 17.2. The summed E-state index contributed by atoms with van der Waals surface area (Å²) in [6, 6.07) is 0. The first-order chi connectivity index (χ1) is 19.9. The van der Waals surface area contributed by atoms with E-state index in [1.807, 2.05) is 62.3 Å². The minimum absolute atomic E-state index is 0.0257. The minimum Gasteiger partial charge on any atom is -0.414 e. The van der Waals surface area contributed by atoms with Crippen LogP contribution in [0.4, 0.5) is 0 Å². The fourth-order valence-corrected chi connectivity index (χ4v) is 7.05. The van der Waals surface area contributed by atoms with Gasteiger partial charge in [0.1, 0.15) is 18.0 Å². The molecule has 0 aromatic heterocycles. The summed E-state index contributed by atoms with van der Waals surface area (Å²) < 4.78 is 36.8. The van der Waals surface area contributed by atoms with E-state index in [4.69, 9.17) is 27.8 Å². The molecule has 0 saturated carbocycles. The smallest absolute Gasteiger partial charge is 0.192 e. The molecule has 10 heteroatoms. The van der Waals surface area contributed by atoms with E-state index >= 15 is 0 Å². The number of ether oxygens (including phenoxy) is 4. The Labute approximate surface area is 279 Å². The van der Waals surface area contributed by atoms with Gasteiger partial charge in [0.25, 0.3) is 0 Å². The summed E-state index contributed by atoms with van der Waals surface area (Å²) >= 11 is 0. The molecule has 2 rings (SSSR count). The molecule has 2 heterocycles. The molecule has 0 spiro atoms. The third-order valence-corrected chi connectivity index (χ3v) is 19.8. The number of carbonyl (C=O) groups is 1. The monoisotopic (exact) mass is 676 g/mol. The first-order valence-corrected chi connectivity index (χ1v) is 23.0. The van der Waals surface area contributed by atoms with Crippen LogP contribution in [0, 0.1) is 11.8 Å². The second-order valence-electron chi connectivity index (χ2n) is 17.5. The highest BCUT2D eigenvalue weighted by molar-refractivity contribution is 6.74. The molecule has 1 N–H and O–H groups in total. The van der Waals surface area contributed by atoms with Gasteiger partial charge in [0.05, 0.1) is 31.0 Å². The Bertz CT molecular complexity index is 948. The fraction of sp³-hybridized carbons (Fsp3) is 0.971. The fourth-order valence-electron chi connectivity index (χ4n) is 5.03. The van der Waals surface area contributed by atoms with Crippen LogP contribution in [0.5, 0.6) is 0 Å². The van der Waals surface area contributed by atoms with Crippen LogP contribution in [0.2, 0.25) is 36.3 Å². The Morgan fingerprint density at radius 1 is 0.733 bits per heavy atom. The second kappa shape index (κ2) is 15.2. The van der Waals surface area contributed by atoms with Gasteiger partial charge in [-0.2, -0.15) is 0 Å². The highest BCUT2D eigenvalue weighted by atomic mass is 28.4. The number of ketones is 1. The molecule has 2 fully saturated rings. The second-order valence-corrected chi connectivity index (χ2v) is 27.1. The van der Waals surface area contributed by atoms with Crippen molar-refractivity contribution in [1.29, 1.82) is 0 Å². The largest absolute Gasteiger partial charge is 0.414 e. The van der Waals surface area contributed by atoms with Gasteiger partial charge in [0.2, 0.25) is 0 Å². The normalized spacial score (nSPS) is 28.2. The summed E-state index contributed by atoms with van der Waals surface area (Å²) in [5, 5.41) is 10.9. The predicted molar refractivity (Wildman–Crippen MR) is 188 cm³/mol. The summed E-state index contributed by atoms with van der Waals surface area (Å²) in [6.45, 7) is 40.7. The van der Waals surface area contributed by atoms with E-state index in [2.05, 4.69) is 67.7 Å². The molecule has 0 bridgehead atoms. The van der Waals surface area contributed by atoms with E-state index in [1.165, 1.54) is 0 Å². The Balaban J connectivity index is 0.000000450. The molecule has 8 nitrogen and oxygen atoms in total. The van der Waals surface area contributed by atoms with Crippen LogP contribution >= 0.6 is 0 Å². The van der Waals surface area contributed by atoms with Gasteiger partial charge in [-0.05, 0) is 77.3 Å². The lowest BCUT2D eigenvalue weighted by molar-refractivity contribution is -0.160. The van der Waals surface area contributed by atoms with Crippen molar-refractivity contribution in [2.75, 3.05) is 13.2 Å². The lowest BCUT2D eigenvalue weighted by Crippen LogP contribution is -2.48. The van der Waals surface area contributed by atoms with Crippen molar-refractivity contribution in [1.82, 2.24) is 0 Å². The molecule has 0 unspecified atom stereocenters. The van der Waals surface area contributed by atoms with E-state index in [9.17, 15) is 9.90 Å². The van der Waals surface area contributed by atoms with Crippen molar-refractivity contribution in [3.63, 3.8) is 0 Å². The van der Waals surface area contributed by atoms with Crippen LogP contribution < -0.4 is 0 Å². The Morgan fingerprint density at radius 2 is 1.09 bits per heavy atom. The zero-order valence-corrected chi connectivity index (χ0v) is 34.6. The van der Waals surface area contributed by atoms with Gasteiger partial charge >= 0.3 is 0 Å². The van der Waals surface area contributed by atoms with Crippen LogP contribution in [0.1, 0.15) is 117 Å². The van der Waals surface area contributed by atoms with Gasteiger partial charge in [0.15, 0.2) is 28.2 Å². The number of hydrogen-bond acceptors (Lipinski definition) is 8. The van der Waals surface area contributed by atoms with Gasteiger partial charge < -0.3 is 32.9 Å². The zero-order valence-electron chi connectivity index (χ0n) is 32.6. The predicted octanol–water partition coefficient (Wildman–Crippen LogP) is 8.47. The molecular weight excluding hydrogens is 605 g/mol. The van der Waals surface area contributed by atoms with Crippen molar-refractivity contribution >= 4 is 22.4 Å². The molecule has 7 atom stereocenters. The van der Waals surface area contributed by atoms with Gasteiger partial charge in [-0.25, -0.2) is 0 Å². The lowest BCUT2D eigenvalue weighted by atomic mass is 9.82. The summed E-state index contributed by atoms with van der Waals surface area (Å²) in [4.78, 5) is 12.0. The van der Waals surface area contributed by atoms with E-state index in [0.717, 1.165) is 0 Å². The van der Waals surface area contributed by atoms with E-state index in [0.29, 0.717) is 26.1 Å². The third kappa shape index (κ3) is 11.7. The maximum Gasteiger partial charge on any atom is 0.192 e. The molecule has 2 saturated heterocycles. The van der Waals surface area contributed by atoms with Gasteiger partial charge in [0, 0.05) is 18.3 Å². The number of carbonyl (C=O) groups excluding carboxylic acids is 1. The number of aliphatic hydroxyl groups is 1. The zero-order chi connectivity index (χ0) is 35.6. The lowest BCUT2D eigenvalue weighted by Gasteiger charge is -2.38. The average molecular weight is 677 g/mol. The van der Waals surface area contributed by atoms with Gasteiger partial charge in [-0.15, -0.1) is 0 Å².